The van der Waals surface area contributed by atoms with E-state index in [1.54, 1.807) is 0 Å². The van der Waals surface area contributed by atoms with Gasteiger partial charge >= 0.3 is 6.09 Å². The highest BCUT2D eigenvalue weighted by Crippen LogP contribution is 2.24. The van der Waals surface area contributed by atoms with E-state index in [9.17, 15) is 4.79 Å². The summed E-state index contributed by atoms with van der Waals surface area (Å²) in [5.74, 6) is 0. The lowest BCUT2D eigenvalue weighted by molar-refractivity contribution is 0.0220. The van der Waals surface area contributed by atoms with E-state index in [-0.39, 0.29) is 12.1 Å². The molecule has 1 heterocycles. The van der Waals surface area contributed by atoms with Gasteiger partial charge in [0.1, 0.15) is 5.60 Å². The van der Waals surface area contributed by atoms with E-state index >= 15 is 0 Å². The van der Waals surface area contributed by atoms with Gasteiger partial charge in [0.25, 0.3) is 0 Å². The molecular weight excluding hydrogens is 286 g/mol. The van der Waals surface area contributed by atoms with Crippen molar-refractivity contribution < 1.29 is 9.53 Å². The summed E-state index contributed by atoms with van der Waals surface area (Å²) in [5, 5.41) is 0.759. The van der Waals surface area contributed by atoms with Gasteiger partial charge in [-0.15, -0.1) is 0 Å². The van der Waals surface area contributed by atoms with E-state index in [1.807, 2.05) is 37.8 Å². The molecule has 0 bridgehead atoms. The summed E-state index contributed by atoms with van der Waals surface area (Å²) >= 11 is 5.90. The first kappa shape index (κ1) is 16.2. The zero-order valence-corrected chi connectivity index (χ0v) is 13.8. The molecule has 1 fully saturated rings. The molecule has 1 unspecified atom stereocenters. The minimum atomic E-state index is -0.430. The minimum Gasteiger partial charge on any atom is -0.444 e. The van der Waals surface area contributed by atoms with E-state index in [0.29, 0.717) is 0 Å². The summed E-state index contributed by atoms with van der Waals surface area (Å²) in [7, 11) is 0. The number of halogens is 1. The van der Waals surface area contributed by atoms with Crippen LogP contribution in [0.5, 0.6) is 0 Å². The Bertz CT molecular complexity index is 479. The van der Waals surface area contributed by atoms with E-state index in [4.69, 9.17) is 16.3 Å². The lowest BCUT2D eigenvalue weighted by Gasteiger charge is -2.28. The van der Waals surface area contributed by atoms with Gasteiger partial charge in [0.2, 0.25) is 0 Å². The van der Waals surface area contributed by atoms with Gasteiger partial charge in [-0.3, -0.25) is 0 Å². The maximum atomic E-state index is 12.2. The third kappa shape index (κ3) is 4.92. The molecule has 116 valence electrons. The largest absolute Gasteiger partial charge is 0.444 e. The molecule has 2 rings (SSSR count). The van der Waals surface area contributed by atoms with Crippen molar-refractivity contribution in [2.45, 2.75) is 58.1 Å². The molecule has 1 aromatic rings. The first-order valence-electron chi connectivity index (χ1n) is 7.59. The van der Waals surface area contributed by atoms with Crippen molar-refractivity contribution in [3.8, 4) is 0 Å². The number of benzene rings is 1. The third-order valence-electron chi connectivity index (χ3n) is 3.68. The predicted octanol–water partition coefficient (Wildman–Crippen LogP) is 4.67. The van der Waals surface area contributed by atoms with Gasteiger partial charge < -0.3 is 9.64 Å². The normalized spacial score (nSPS) is 18.9. The Hall–Kier alpha value is -1.22. The van der Waals surface area contributed by atoms with Crippen LogP contribution in [0.1, 0.15) is 45.6 Å². The molecule has 3 nitrogen and oxygen atoms in total. The van der Waals surface area contributed by atoms with Gasteiger partial charge in [0, 0.05) is 17.6 Å². The smallest absolute Gasteiger partial charge is 0.410 e. The van der Waals surface area contributed by atoms with Gasteiger partial charge in [-0.1, -0.05) is 23.7 Å². The number of likely N-dealkylation sites (tertiary alicyclic amines) is 1. The van der Waals surface area contributed by atoms with E-state index in [1.165, 1.54) is 5.56 Å². The summed E-state index contributed by atoms with van der Waals surface area (Å²) in [6.45, 7) is 6.53. The fraction of sp³-hybridized carbons (Fsp3) is 0.588. The zero-order valence-electron chi connectivity index (χ0n) is 13.1. The second kappa shape index (κ2) is 6.69. The predicted molar refractivity (Wildman–Crippen MR) is 85.7 cm³/mol. The maximum Gasteiger partial charge on any atom is 0.410 e. The Morgan fingerprint density at radius 2 is 2.00 bits per heavy atom. The lowest BCUT2D eigenvalue weighted by atomic mass is 10.0. The summed E-state index contributed by atoms with van der Waals surface area (Å²) in [4.78, 5) is 14.1. The van der Waals surface area contributed by atoms with Crippen LogP contribution in [0, 0.1) is 0 Å². The van der Waals surface area contributed by atoms with Crippen LogP contribution in [0.2, 0.25) is 5.02 Å². The highest BCUT2D eigenvalue weighted by atomic mass is 35.5. The van der Waals surface area contributed by atoms with Gasteiger partial charge in [-0.25, -0.2) is 4.79 Å². The number of amides is 1. The second-order valence-electron chi connectivity index (χ2n) is 6.63. The Balaban J connectivity index is 1.90. The first-order valence-corrected chi connectivity index (χ1v) is 7.97. The van der Waals surface area contributed by atoms with Crippen LogP contribution in [-0.2, 0) is 11.2 Å². The minimum absolute atomic E-state index is 0.180. The standard InChI is InChI=1S/C17H24ClNO2/c1-17(2,3)21-16(20)19-12-4-5-15(19)11-8-13-6-9-14(18)10-7-13/h6-7,9-10,15H,4-5,8,11-12H2,1-3H3. The first-order chi connectivity index (χ1) is 9.85. The van der Waals surface area contributed by atoms with Crippen molar-refractivity contribution in [2.75, 3.05) is 6.54 Å². The van der Waals surface area contributed by atoms with E-state index in [0.717, 1.165) is 37.3 Å². The molecular formula is C17H24ClNO2. The third-order valence-corrected chi connectivity index (χ3v) is 3.94. The highest BCUT2D eigenvalue weighted by molar-refractivity contribution is 6.30. The molecule has 1 atom stereocenters. The SMILES string of the molecule is CC(C)(C)OC(=O)N1CCCC1CCc1ccc(Cl)cc1. The maximum absolute atomic E-state index is 12.2. The van der Waals surface area contributed by atoms with Crippen molar-refractivity contribution in [3.63, 3.8) is 0 Å². The molecule has 0 N–H and O–H groups in total. The van der Waals surface area contributed by atoms with E-state index in [2.05, 4.69) is 12.1 Å². The molecule has 1 amide bonds. The Morgan fingerprint density at radius 3 is 2.62 bits per heavy atom. The number of hydrogen-bond acceptors (Lipinski definition) is 2. The van der Waals surface area contributed by atoms with Crippen LogP contribution in [-0.4, -0.2) is 29.2 Å². The van der Waals surface area contributed by atoms with Crippen molar-refractivity contribution in [3.05, 3.63) is 34.9 Å². The Labute approximate surface area is 132 Å². The molecule has 0 aliphatic carbocycles. The number of carbonyl (C=O) groups is 1. The van der Waals surface area contributed by atoms with Gasteiger partial charge in [0.15, 0.2) is 0 Å². The lowest BCUT2D eigenvalue weighted by Crippen LogP contribution is -2.40. The van der Waals surface area contributed by atoms with Gasteiger partial charge in [-0.2, -0.15) is 0 Å². The molecule has 0 aromatic heterocycles. The fourth-order valence-corrected chi connectivity index (χ4v) is 2.81. The Morgan fingerprint density at radius 1 is 1.33 bits per heavy atom. The number of aryl methyl sites for hydroxylation is 1. The average Bonchev–Trinajstić information content (AvgIpc) is 2.84. The molecule has 1 aromatic carbocycles. The fourth-order valence-electron chi connectivity index (χ4n) is 2.68. The van der Waals surface area contributed by atoms with Crippen molar-refractivity contribution >= 4 is 17.7 Å². The molecule has 0 saturated carbocycles. The summed E-state index contributed by atoms with van der Waals surface area (Å²) in [6.07, 6.45) is 3.88. The number of ether oxygens (including phenoxy) is 1. The monoisotopic (exact) mass is 309 g/mol. The quantitative estimate of drug-likeness (QED) is 0.812. The molecule has 1 aliphatic rings. The number of carbonyl (C=O) groups excluding carboxylic acids is 1. The molecule has 21 heavy (non-hydrogen) atoms. The molecule has 1 saturated heterocycles. The van der Waals surface area contributed by atoms with Crippen LogP contribution in [0.3, 0.4) is 0 Å². The van der Waals surface area contributed by atoms with Crippen LogP contribution >= 0.6 is 11.6 Å². The zero-order chi connectivity index (χ0) is 15.5. The van der Waals surface area contributed by atoms with Gasteiger partial charge in [-0.05, 0) is 64.2 Å². The topological polar surface area (TPSA) is 29.5 Å². The summed E-state index contributed by atoms with van der Waals surface area (Å²) in [6, 6.07) is 8.22. The number of hydrogen-bond donors (Lipinski definition) is 0. The van der Waals surface area contributed by atoms with Crippen LogP contribution in [0.4, 0.5) is 4.79 Å². The van der Waals surface area contributed by atoms with Crippen molar-refractivity contribution in [2.24, 2.45) is 0 Å². The second-order valence-corrected chi connectivity index (χ2v) is 7.07. The summed E-state index contributed by atoms with van der Waals surface area (Å²) < 4.78 is 5.49. The molecule has 0 radical (unpaired) electrons. The van der Waals surface area contributed by atoms with Crippen LogP contribution < -0.4 is 0 Å². The number of nitrogens with zero attached hydrogens (tertiary/aromatic N) is 1. The van der Waals surface area contributed by atoms with Crippen LogP contribution in [0.25, 0.3) is 0 Å². The van der Waals surface area contributed by atoms with E-state index < -0.39 is 5.60 Å². The van der Waals surface area contributed by atoms with Gasteiger partial charge in [0.05, 0.1) is 0 Å². The molecule has 4 heteroatoms. The van der Waals surface area contributed by atoms with Crippen molar-refractivity contribution in [1.82, 2.24) is 4.90 Å². The number of rotatable bonds is 3. The molecule has 0 spiro atoms. The summed E-state index contributed by atoms with van der Waals surface area (Å²) in [5.41, 5.74) is 0.830. The molecule has 1 aliphatic heterocycles. The Kier molecular flexibility index (Phi) is 5.15. The van der Waals surface area contributed by atoms with Crippen molar-refractivity contribution in [1.29, 1.82) is 0 Å². The highest BCUT2D eigenvalue weighted by Gasteiger charge is 2.31. The van der Waals surface area contributed by atoms with Crippen LogP contribution in [0.15, 0.2) is 24.3 Å². The average molecular weight is 310 g/mol.